The number of aromatic nitrogens is 1. The number of pyridine rings is 1. The van der Waals surface area contributed by atoms with Gasteiger partial charge in [-0.3, -0.25) is 9.59 Å². The molecule has 44 heavy (non-hydrogen) atoms. The molecule has 0 fully saturated rings. The van der Waals surface area contributed by atoms with Gasteiger partial charge in [-0.2, -0.15) is 0 Å². The molecule has 1 aliphatic rings. The van der Waals surface area contributed by atoms with E-state index in [1.54, 1.807) is 72.9 Å². The fourth-order valence-corrected chi connectivity index (χ4v) is 5.66. The van der Waals surface area contributed by atoms with Gasteiger partial charge >= 0.3 is 0 Å². The van der Waals surface area contributed by atoms with Gasteiger partial charge in [0, 0.05) is 17.3 Å². The number of fused-ring (bicyclic) bond motifs is 1. The van der Waals surface area contributed by atoms with Crippen LogP contribution in [0.25, 0.3) is 0 Å². The van der Waals surface area contributed by atoms with Crippen molar-refractivity contribution >= 4 is 27.7 Å². The summed E-state index contributed by atoms with van der Waals surface area (Å²) in [5.41, 5.74) is 2.38. The van der Waals surface area contributed by atoms with Gasteiger partial charge in [-0.05, 0) is 78.1 Å². The van der Waals surface area contributed by atoms with Crippen LogP contribution >= 0.6 is 0 Å². The lowest BCUT2D eigenvalue weighted by Gasteiger charge is -2.22. The zero-order valence-electron chi connectivity index (χ0n) is 24.6. The molecule has 1 unspecified atom stereocenters. The molecule has 10 nitrogen and oxygen atoms in total. The number of hydrogen-bond acceptors (Lipinski definition) is 8. The van der Waals surface area contributed by atoms with Gasteiger partial charge in [0.25, 0.3) is 21.8 Å². The number of benzene rings is 3. The molecule has 0 aliphatic carbocycles. The number of nitrogens with one attached hydrogen (secondary N) is 2. The molecule has 2 N–H and O–H groups in total. The van der Waals surface area contributed by atoms with E-state index in [9.17, 15) is 18.0 Å². The highest BCUT2D eigenvalue weighted by molar-refractivity contribution is 7.90. The number of nitrogens with zero attached hydrogens (tertiary/aromatic N) is 1. The summed E-state index contributed by atoms with van der Waals surface area (Å²) in [7, 11) is -4.22. The molecule has 5 rings (SSSR count). The molecule has 0 bridgehead atoms. The van der Waals surface area contributed by atoms with Crippen LogP contribution in [0.4, 0.5) is 5.82 Å². The Morgan fingerprint density at radius 1 is 0.932 bits per heavy atom. The number of hydrogen-bond donors (Lipinski definition) is 2. The molecule has 11 heteroatoms. The van der Waals surface area contributed by atoms with Crippen molar-refractivity contribution in [2.45, 2.75) is 50.5 Å². The predicted molar refractivity (Wildman–Crippen MR) is 164 cm³/mol. The number of amides is 2. The largest absolute Gasteiger partial charge is 0.475 e. The first-order valence-corrected chi connectivity index (χ1v) is 15.7. The van der Waals surface area contributed by atoms with Crippen LogP contribution < -0.4 is 24.2 Å². The van der Waals surface area contributed by atoms with Crippen molar-refractivity contribution in [2.75, 3.05) is 12.1 Å². The lowest BCUT2D eigenvalue weighted by atomic mass is 10.0. The Balaban J connectivity index is 1.45. The SMILES string of the molecule is CCCc1cc(C(=O)Nc2ccccn2)ccc1OC(C(=O)NS(=O)(=O)c1ccc(C(C)C)cc1)c1ccc2c(c1)OCO2. The minimum atomic E-state index is -4.22. The van der Waals surface area contributed by atoms with Crippen molar-refractivity contribution < 1.29 is 32.2 Å². The first kappa shape index (κ1) is 30.6. The van der Waals surface area contributed by atoms with E-state index in [2.05, 4.69) is 15.0 Å². The summed E-state index contributed by atoms with van der Waals surface area (Å²) in [6, 6.07) is 21.3. The van der Waals surface area contributed by atoms with Crippen LogP contribution in [-0.4, -0.2) is 32.0 Å². The Bertz CT molecular complexity index is 1760. The number of ether oxygens (including phenoxy) is 3. The molecule has 1 atom stereocenters. The second-order valence-corrected chi connectivity index (χ2v) is 12.2. The molecular formula is C33H33N3O7S. The van der Waals surface area contributed by atoms with Gasteiger partial charge in [0.05, 0.1) is 4.90 Å². The van der Waals surface area contributed by atoms with Gasteiger partial charge in [-0.25, -0.2) is 18.1 Å². The average Bonchev–Trinajstić information content (AvgIpc) is 3.49. The second-order valence-electron chi connectivity index (χ2n) is 10.5. The van der Waals surface area contributed by atoms with Gasteiger partial charge in [-0.1, -0.05) is 51.5 Å². The van der Waals surface area contributed by atoms with Crippen LogP contribution in [0, 0.1) is 0 Å². The maximum absolute atomic E-state index is 13.7. The van der Waals surface area contributed by atoms with Gasteiger partial charge < -0.3 is 19.5 Å². The summed E-state index contributed by atoms with van der Waals surface area (Å²) in [5.74, 6) is 0.623. The lowest BCUT2D eigenvalue weighted by molar-refractivity contribution is -0.126. The van der Waals surface area contributed by atoms with Crippen molar-refractivity contribution in [3.8, 4) is 17.2 Å². The van der Waals surface area contributed by atoms with Crippen molar-refractivity contribution in [1.82, 2.24) is 9.71 Å². The Kier molecular flexibility index (Phi) is 9.15. The van der Waals surface area contributed by atoms with Gasteiger partial charge in [0.2, 0.25) is 12.9 Å². The van der Waals surface area contributed by atoms with E-state index >= 15 is 0 Å². The fraction of sp³-hybridized carbons (Fsp3) is 0.242. The van der Waals surface area contributed by atoms with Crippen molar-refractivity contribution in [1.29, 1.82) is 0 Å². The number of anilines is 1. The van der Waals surface area contributed by atoms with Crippen LogP contribution in [0.5, 0.6) is 17.2 Å². The highest BCUT2D eigenvalue weighted by Gasteiger charge is 2.30. The lowest BCUT2D eigenvalue weighted by Crippen LogP contribution is -2.37. The molecule has 0 saturated carbocycles. The number of carbonyl (C=O) groups excluding carboxylic acids is 2. The zero-order chi connectivity index (χ0) is 31.3. The third-order valence-electron chi connectivity index (χ3n) is 7.02. The second kappa shape index (κ2) is 13.2. The summed E-state index contributed by atoms with van der Waals surface area (Å²) in [4.78, 5) is 30.7. The standard InChI is InChI=1S/C33H33N3O7S/c1-4-7-23-18-25(32(37)35-30-8-5-6-17-34-30)12-15-27(23)43-31(24-11-16-28-29(19-24)42-20-41-28)33(38)36-44(39,40)26-13-9-22(10-14-26)21(2)3/h5-6,8-19,21,31H,4,7,20H2,1-3H3,(H,36,38)(H,34,35,37). The minimum Gasteiger partial charge on any atom is -0.475 e. The fourth-order valence-electron chi connectivity index (χ4n) is 4.68. The zero-order valence-corrected chi connectivity index (χ0v) is 25.4. The Labute approximate surface area is 256 Å². The molecule has 0 radical (unpaired) electrons. The molecule has 1 aliphatic heterocycles. The van der Waals surface area contributed by atoms with Crippen LogP contribution in [0.1, 0.15) is 66.3 Å². The highest BCUT2D eigenvalue weighted by Crippen LogP contribution is 2.36. The highest BCUT2D eigenvalue weighted by atomic mass is 32.2. The monoisotopic (exact) mass is 615 g/mol. The van der Waals surface area contributed by atoms with Crippen LogP contribution in [0.3, 0.4) is 0 Å². The third kappa shape index (κ3) is 7.00. The van der Waals surface area contributed by atoms with Gasteiger partial charge in [0.1, 0.15) is 11.6 Å². The summed E-state index contributed by atoms with van der Waals surface area (Å²) in [5, 5.41) is 2.76. The molecule has 228 valence electrons. The molecular weight excluding hydrogens is 582 g/mol. The van der Waals surface area contributed by atoms with E-state index < -0.39 is 22.0 Å². The van der Waals surface area contributed by atoms with E-state index in [4.69, 9.17) is 14.2 Å². The number of sulfonamides is 1. The molecule has 2 amide bonds. The number of aryl methyl sites for hydroxylation is 1. The van der Waals surface area contributed by atoms with E-state index in [1.807, 2.05) is 20.8 Å². The molecule has 4 aromatic rings. The quantitative estimate of drug-likeness (QED) is 0.218. The van der Waals surface area contributed by atoms with Crippen molar-refractivity contribution in [3.05, 3.63) is 107 Å². The van der Waals surface area contributed by atoms with E-state index in [0.717, 1.165) is 12.0 Å². The summed E-state index contributed by atoms with van der Waals surface area (Å²) < 4.78 is 45.9. The summed E-state index contributed by atoms with van der Waals surface area (Å²) >= 11 is 0. The average molecular weight is 616 g/mol. The smallest absolute Gasteiger partial charge is 0.279 e. The maximum atomic E-state index is 13.7. The Morgan fingerprint density at radius 2 is 1.68 bits per heavy atom. The van der Waals surface area contributed by atoms with Gasteiger partial charge in [-0.15, -0.1) is 0 Å². The molecule has 1 aromatic heterocycles. The summed E-state index contributed by atoms with van der Waals surface area (Å²) in [6.07, 6.45) is 1.47. The summed E-state index contributed by atoms with van der Waals surface area (Å²) in [6.45, 7) is 6.01. The predicted octanol–water partition coefficient (Wildman–Crippen LogP) is 5.76. The Hall–Kier alpha value is -4.90. The minimum absolute atomic E-state index is 0.0277. The first-order valence-electron chi connectivity index (χ1n) is 14.2. The number of carbonyl (C=O) groups is 2. The molecule has 3 aromatic carbocycles. The van der Waals surface area contributed by atoms with Gasteiger partial charge in [0.15, 0.2) is 11.5 Å². The van der Waals surface area contributed by atoms with Crippen molar-refractivity contribution in [3.63, 3.8) is 0 Å². The van der Waals surface area contributed by atoms with Crippen LogP contribution in [-0.2, 0) is 21.2 Å². The molecule has 0 saturated heterocycles. The molecule has 2 heterocycles. The normalized spacial score (nSPS) is 12.9. The third-order valence-corrected chi connectivity index (χ3v) is 8.39. The maximum Gasteiger partial charge on any atom is 0.279 e. The van der Waals surface area contributed by atoms with Crippen LogP contribution in [0.15, 0.2) is 90.0 Å². The topological polar surface area (TPSA) is 133 Å². The van der Waals surface area contributed by atoms with E-state index in [0.29, 0.717) is 46.2 Å². The first-order chi connectivity index (χ1) is 21.1. The molecule has 0 spiro atoms. The number of rotatable bonds is 11. The van der Waals surface area contributed by atoms with E-state index in [-0.39, 0.29) is 23.5 Å². The van der Waals surface area contributed by atoms with Crippen LogP contribution in [0.2, 0.25) is 0 Å². The van der Waals surface area contributed by atoms with Crippen molar-refractivity contribution in [2.24, 2.45) is 0 Å². The van der Waals surface area contributed by atoms with E-state index in [1.165, 1.54) is 12.1 Å². The Morgan fingerprint density at radius 3 is 2.39 bits per heavy atom.